The standard InChI is InChI=1S/C24H22N6S/c1-17-9-10-21(27-14-17)29-13-5-8-20(29)23-22(19-7-2-3-12-26-19)28-24(31)30(23)16-18-6-4-11-25-15-18/h2-15,22-23H,16H2,1H3,(H,28,31)/t22-,23+/m0/s1. The highest BCUT2D eigenvalue weighted by Crippen LogP contribution is 2.40. The van der Waals surface area contributed by atoms with Crippen LogP contribution < -0.4 is 5.32 Å². The Morgan fingerprint density at radius 3 is 2.65 bits per heavy atom. The molecule has 0 spiro atoms. The highest BCUT2D eigenvalue weighted by Gasteiger charge is 2.41. The van der Waals surface area contributed by atoms with Crippen LogP contribution in [0.25, 0.3) is 5.82 Å². The number of thiocarbonyl (C=S) groups is 1. The van der Waals surface area contributed by atoms with Crippen molar-refractivity contribution < 1.29 is 0 Å². The molecule has 154 valence electrons. The Balaban J connectivity index is 1.60. The highest BCUT2D eigenvalue weighted by atomic mass is 32.1. The first-order valence-corrected chi connectivity index (χ1v) is 10.6. The quantitative estimate of drug-likeness (QED) is 0.484. The van der Waals surface area contributed by atoms with E-state index < -0.39 is 0 Å². The summed E-state index contributed by atoms with van der Waals surface area (Å²) in [7, 11) is 0. The third-order valence-corrected chi connectivity index (χ3v) is 5.85. The first-order valence-electron chi connectivity index (χ1n) is 10.2. The van der Waals surface area contributed by atoms with Gasteiger partial charge in [-0.15, -0.1) is 0 Å². The molecule has 0 saturated carbocycles. The van der Waals surface area contributed by atoms with Crippen LogP contribution in [0.3, 0.4) is 0 Å². The summed E-state index contributed by atoms with van der Waals surface area (Å²) in [4.78, 5) is 15.8. The van der Waals surface area contributed by atoms with E-state index in [1.807, 2.05) is 62.0 Å². The van der Waals surface area contributed by atoms with Gasteiger partial charge in [0.05, 0.1) is 17.8 Å². The van der Waals surface area contributed by atoms with E-state index in [1.54, 1.807) is 6.20 Å². The maximum absolute atomic E-state index is 5.79. The summed E-state index contributed by atoms with van der Waals surface area (Å²) in [6, 6.07) is 18.2. The number of aromatic nitrogens is 4. The van der Waals surface area contributed by atoms with Gasteiger partial charge in [0.25, 0.3) is 0 Å². The van der Waals surface area contributed by atoms with E-state index >= 15 is 0 Å². The SMILES string of the molecule is Cc1ccc(-n2cccc2[C@@H]2[C@H](c3ccccn3)NC(=S)N2Cc2cccnc2)nc1. The van der Waals surface area contributed by atoms with E-state index in [1.165, 1.54) is 0 Å². The lowest BCUT2D eigenvalue weighted by Crippen LogP contribution is -2.30. The van der Waals surface area contributed by atoms with E-state index in [-0.39, 0.29) is 12.1 Å². The topological polar surface area (TPSA) is 58.9 Å². The Bertz CT molecular complexity index is 1170. The van der Waals surface area contributed by atoms with Crippen molar-refractivity contribution in [3.8, 4) is 5.82 Å². The zero-order valence-corrected chi connectivity index (χ0v) is 17.9. The minimum absolute atomic E-state index is 0.0549. The zero-order chi connectivity index (χ0) is 21.2. The molecule has 0 aliphatic carbocycles. The van der Waals surface area contributed by atoms with Crippen LogP contribution in [0.15, 0.2) is 85.6 Å². The lowest BCUT2D eigenvalue weighted by Gasteiger charge is -2.28. The van der Waals surface area contributed by atoms with Crippen LogP contribution in [0.1, 0.15) is 34.6 Å². The van der Waals surface area contributed by atoms with Crippen LogP contribution in [0.4, 0.5) is 0 Å². The summed E-state index contributed by atoms with van der Waals surface area (Å²) in [5.74, 6) is 0.879. The second-order valence-electron chi connectivity index (χ2n) is 7.61. The van der Waals surface area contributed by atoms with Gasteiger partial charge < -0.3 is 14.8 Å². The smallest absolute Gasteiger partial charge is 0.170 e. The van der Waals surface area contributed by atoms with Crippen LogP contribution in [-0.2, 0) is 6.54 Å². The van der Waals surface area contributed by atoms with E-state index in [2.05, 4.69) is 54.0 Å². The molecule has 4 aromatic heterocycles. The van der Waals surface area contributed by atoms with E-state index in [9.17, 15) is 0 Å². The number of pyridine rings is 3. The maximum Gasteiger partial charge on any atom is 0.170 e. The van der Waals surface area contributed by atoms with Crippen LogP contribution >= 0.6 is 12.2 Å². The van der Waals surface area contributed by atoms with Gasteiger partial charge in [-0.3, -0.25) is 9.97 Å². The lowest BCUT2D eigenvalue weighted by molar-refractivity contribution is 0.302. The molecular formula is C24H22N6S. The second kappa shape index (κ2) is 8.28. The Morgan fingerprint density at radius 1 is 0.968 bits per heavy atom. The van der Waals surface area contributed by atoms with Crippen molar-refractivity contribution in [2.24, 2.45) is 0 Å². The molecule has 0 aromatic carbocycles. The Morgan fingerprint density at radius 2 is 1.90 bits per heavy atom. The molecule has 7 heteroatoms. The van der Waals surface area contributed by atoms with Gasteiger partial charge in [-0.05, 0) is 66.7 Å². The van der Waals surface area contributed by atoms with E-state index in [0.717, 1.165) is 28.3 Å². The first kappa shape index (κ1) is 19.4. The number of nitrogens with zero attached hydrogens (tertiary/aromatic N) is 5. The van der Waals surface area contributed by atoms with Crippen molar-refractivity contribution in [3.05, 3.63) is 108 Å². The van der Waals surface area contributed by atoms with Gasteiger partial charge in [0, 0.05) is 43.2 Å². The van der Waals surface area contributed by atoms with Gasteiger partial charge in [0.15, 0.2) is 5.11 Å². The van der Waals surface area contributed by atoms with Crippen molar-refractivity contribution in [1.29, 1.82) is 0 Å². The van der Waals surface area contributed by atoms with Crippen LogP contribution in [0.5, 0.6) is 0 Å². The molecule has 1 fully saturated rings. The summed E-state index contributed by atoms with van der Waals surface area (Å²) >= 11 is 5.79. The van der Waals surface area contributed by atoms with Crippen molar-refractivity contribution in [2.75, 3.05) is 0 Å². The first-order chi connectivity index (χ1) is 15.2. The Labute approximate surface area is 186 Å². The van der Waals surface area contributed by atoms with Crippen LogP contribution in [0, 0.1) is 6.92 Å². The molecule has 1 saturated heterocycles. The highest BCUT2D eigenvalue weighted by molar-refractivity contribution is 7.80. The molecule has 1 aliphatic rings. The number of aryl methyl sites for hydroxylation is 1. The molecular weight excluding hydrogens is 404 g/mol. The molecule has 5 heterocycles. The van der Waals surface area contributed by atoms with Crippen molar-refractivity contribution in [2.45, 2.75) is 25.6 Å². The summed E-state index contributed by atoms with van der Waals surface area (Å²) in [5, 5.41) is 4.21. The molecule has 31 heavy (non-hydrogen) atoms. The van der Waals surface area contributed by atoms with Crippen molar-refractivity contribution in [1.82, 2.24) is 29.7 Å². The summed E-state index contributed by atoms with van der Waals surface area (Å²) in [6.45, 7) is 2.69. The summed E-state index contributed by atoms with van der Waals surface area (Å²) in [5.41, 5.74) is 4.28. The molecule has 5 rings (SSSR count). The Hall–Kier alpha value is -3.58. The molecule has 1 N–H and O–H groups in total. The maximum atomic E-state index is 5.79. The minimum Gasteiger partial charge on any atom is -0.352 e. The monoisotopic (exact) mass is 426 g/mol. The number of rotatable bonds is 5. The van der Waals surface area contributed by atoms with Crippen LogP contribution in [-0.4, -0.2) is 29.5 Å². The average Bonchev–Trinajstić information content (AvgIpc) is 3.40. The van der Waals surface area contributed by atoms with E-state index in [4.69, 9.17) is 12.2 Å². The normalized spacial score (nSPS) is 18.2. The second-order valence-corrected chi connectivity index (χ2v) is 8.00. The summed E-state index contributed by atoms with van der Waals surface area (Å²) < 4.78 is 2.13. The number of hydrogen-bond donors (Lipinski definition) is 1. The lowest BCUT2D eigenvalue weighted by atomic mass is 10.0. The van der Waals surface area contributed by atoms with Gasteiger partial charge in [0.1, 0.15) is 5.82 Å². The minimum atomic E-state index is -0.0792. The molecule has 4 aromatic rings. The molecule has 0 radical (unpaired) electrons. The van der Waals surface area contributed by atoms with Gasteiger partial charge in [-0.25, -0.2) is 4.98 Å². The van der Waals surface area contributed by atoms with Gasteiger partial charge >= 0.3 is 0 Å². The van der Waals surface area contributed by atoms with Crippen molar-refractivity contribution in [3.63, 3.8) is 0 Å². The molecule has 0 bridgehead atoms. The third kappa shape index (κ3) is 3.80. The molecule has 1 aliphatic heterocycles. The fourth-order valence-corrected chi connectivity index (χ4v) is 4.34. The zero-order valence-electron chi connectivity index (χ0n) is 17.1. The van der Waals surface area contributed by atoms with E-state index in [0.29, 0.717) is 11.7 Å². The van der Waals surface area contributed by atoms with Crippen LogP contribution in [0.2, 0.25) is 0 Å². The fraction of sp³-hybridized carbons (Fsp3) is 0.167. The third-order valence-electron chi connectivity index (χ3n) is 5.50. The predicted molar refractivity (Wildman–Crippen MR) is 124 cm³/mol. The summed E-state index contributed by atoms with van der Waals surface area (Å²) in [6.07, 6.45) is 9.43. The Kier molecular flexibility index (Phi) is 5.18. The molecule has 0 amide bonds. The molecule has 6 nitrogen and oxygen atoms in total. The average molecular weight is 427 g/mol. The number of hydrogen-bond acceptors (Lipinski definition) is 4. The van der Waals surface area contributed by atoms with Gasteiger partial charge in [0.2, 0.25) is 0 Å². The number of nitrogens with one attached hydrogen (secondary N) is 1. The fourth-order valence-electron chi connectivity index (χ4n) is 4.03. The molecule has 0 unspecified atom stereocenters. The van der Waals surface area contributed by atoms with Gasteiger partial charge in [-0.2, -0.15) is 0 Å². The molecule has 2 atom stereocenters. The van der Waals surface area contributed by atoms with Crippen molar-refractivity contribution >= 4 is 17.3 Å². The predicted octanol–water partition coefficient (Wildman–Crippen LogP) is 4.14. The van der Waals surface area contributed by atoms with Gasteiger partial charge in [-0.1, -0.05) is 18.2 Å². The largest absolute Gasteiger partial charge is 0.352 e.